The van der Waals surface area contributed by atoms with Gasteiger partial charge in [0.1, 0.15) is 17.2 Å². The van der Waals surface area contributed by atoms with Crippen LogP contribution in [0.4, 0.5) is 0 Å². The number of hydrogen-bond donors (Lipinski definition) is 1. The number of benzene rings is 3. The van der Waals surface area contributed by atoms with Crippen molar-refractivity contribution in [2.45, 2.75) is 13.1 Å². The Balaban J connectivity index is 1.58. The van der Waals surface area contributed by atoms with Crippen molar-refractivity contribution in [3.05, 3.63) is 94.7 Å². The maximum atomic E-state index is 12.9. The van der Waals surface area contributed by atoms with Crippen LogP contribution in [-0.4, -0.2) is 29.9 Å². The number of fused-ring (bicyclic) bond motifs is 1. The summed E-state index contributed by atoms with van der Waals surface area (Å²) < 4.78 is 11.1. The Morgan fingerprint density at radius 3 is 2.43 bits per heavy atom. The minimum absolute atomic E-state index is 0.118. The second kappa shape index (κ2) is 8.43. The minimum atomic E-state index is -0.187. The molecule has 0 atom stereocenters. The summed E-state index contributed by atoms with van der Waals surface area (Å²) in [5, 5.41) is 10.5. The number of carbonyl (C=O) groups is 1. The first-order valence-electron chi connectivity index (χ1n) is 9.71. The van der Waals surface area contributed by atoms with Crippen LogP contribution in [0.5, 0.6) is 17.2 Å². The minimum Gasteiger partial charge on any atom is -0.507 e. The van der Waals surface area contributed by atoms with Gasteiger partial charge in [0.15, 0.2) is 5.76 Å². The highest BCUT2D eigenvalue weighted by Gasteiger charge is 2.31. The molecule has 4 rings (SSSR count). The largest absolute Gasteiger partial charge is 0.507 e. The van der Waals surface area contributed by atoms with E-state index in [-0.39, 0.29) is 17.3 Å². The van der Waals surface area contributed by atoms with Crippen molar-refractivity contribution in [2.24, 2.45) is 0 Å². The lowest BCUT2D eigenvalue weighted by atomic mass is 10.0. The molecule has 5 nitrogen and oxygen atoms in total. The molecule has 0 unspecified atom stereocenters. The van der Waals surface area contributed by atoms with Crippen LogP contribution in [0.3, 0.4) is 0 Å². The van der Waals surface area contributed by atoms with E-state index in [9.17, 15) is 9.90 Å². The molecule has 1 aliphatic heterocycles. The van der Waals surface area contributed by atoms with Crippen LogP contribution in [0.1, 0.15) is 27.0 Å². The van der Waals surface area contributed by atoms with Crippen molar-refractivity contribution in [2.75, 3.05) is 14.2 Å². The van der Waals surface area contributed by atoms with E-state index in [4.69, 9.17) is 9.47 Å². The van der Waals surface area contributed by atoms with E-state index >= 15 is 0 Å². The third kappa shape index (κ3) is 4.07. The lowest BCUT2D eigenvalue weighted by Gasteiger charge is -2.19. The van der Waals surface area contributed by atoms with Gasteiger partial charge in [0.25, 0.3) is 0 Å². The quantitative estimate of drug-likeness (QED) is 0.610. The summed E-state index contributed by atoms with van der Waals surface area (Å²) in [5.74, 6) is 1.35. The SMILES string of the molecule is COc1ccc(/C=C2\Oc3c(ccc(O)c3CN(C)Cc3ccccc3)C2=O)cc1. The van der Waals surface area contributed by atoms with Gasteiger partial charge in [0.2, 0.25) is 5.78 Å². The third-order valence-corrected chi connectivity index (χ3v) is 5.05. The van der Waals surface area contributed by atoms with E-state index in [1.807, 2.05) is 49.5 Å². The monoisotopic (exact) mass is 401 g/mol. The molecule has 30 heavy (non-hydrogen) atoms. The number of ketones is 1. The van der Waals surface area contributed by atoms with Crippen LogP contribution < -0.4 is 9.47 Å². The van der Waals surface area contributed by atoms with Crippen molar-refractivity contribution < 1.29 is 19.4 Å². The van der Waals surface area contributed by atoms with Crippen molar-refractivity contribution in [1.82, 2.24) is 4.90 Å². The number of nitrogens with zero attached hydrogens (tertiary/aromatic N) is 1. The van der Waals surface area contributed by atoms with Crippen LogP contribution in [0.2, 0.25) is 0 Å². The number of hydrogen-bond acceptors (Lipinski definition) is 5. The van der Waals surface area contributed by atoms with Gasteiger partial charge in [-0.05, 0) is 48.5 Å². The zero-order chi connectivity index (χ0) is 21.1. The molecule has 3 aromatic carbocycles. The fourth-order valence-electron chi connectivity index (χ4n) is 3.52. The number of carbonyl (C=O) groups excluding carboxylic acids is 1. The van der Waals surface area contributed by atoms with Crippen molar-refractivity contribution >= 4 is 11.9 Å². The number of Topliss-reactive ketones (excluding diaryl/α,β-unsaturated/α-hetero) is 1. The standard InChI is InChI=1S/C25H23NO4/c1-26(15-18-6-4-3-5-7-18)16-21-22(27)13-12-20-24(28)23(30-25(20)21)14-17-8-10-19(29-2)11-9-17/h3-14,27H,15-16H2,1-2H3/b23-14-. The predicted octanol–water partition coefficient (Wildman–Crippen LogP) is 4.65. The van der Waals surface area contributed by atoms with Crippen LogP contribution in [-0.2, 0) is 13.1 Å². The second-order valence-electron chi connectivity index (χ2n) is 7.31. The normalized spacial score (nSPS) is 14.1. The van der Waals surface area contributed by atoms with Gasteiger partial charge in [-0.15, -0.1) is 0 Å². The molecule has 0 saturated carbocycles. The zero-order valence-corrected chi connectivity index (χ0v) is 17.0. The van der Waals surface area contributed by atoms with Crippen molar-refractivity contribution in [1.29, 1.82) is 0 Å². The lowest BCUT2D eigenvalue weighted by Crippen LogP contribution is -2.17. The molecule has 1 aliphatic rings. The van der Waals surface area contributed by atoms with E-state index < -0.39 is 0 Å². The molecule has 0 spiro atoms. The molecule has 0 radical (unpaired) electrons. The highest BCUT2D eigenvalue weighted by atomic mass is 16.5. The van der Waals surface area contributed by atoms with Crippen LogP contribution in [0, 0.1) is 0 Å². The summed E-state index contributed by atoms with van der Waals surface area (Å²) in [6, 6.07) is 20.6. The first-order chi connectivity index (χ1) is 14.5. The number of rotatable bonds is 6. The first kappa shape index (κ1) is 19.7. The fraction of sp³-hybridized carbons (Fsp3) is 0.160. The summed E-state index contributed by atoms with van der Waals surface area (Å²) in [5.41, 5.74) is 3.08. The van der Waals surface area contributed by atoms with Gasteiger partial charge in [-0.2, -0.15) is 0 Å². The summed E-state index contributed by atoms with van der Waals surface area (Å²) in [6.45, 7) is 1.17. The average Bonchev–Trinajstić information content (AvgIpc) is 3.07. The van der Waals surface area contributed by atoms with Crippen LogP contribution in [0.25, 0.3) is 6.08 Å². The van der Waals surface area contributed by atoms with Gasteiger partial charge >= 0.3 is 0 Å². The smallest absolute Gasteiger partial charge is 0.231 e. The summed E-state index contributed by atoms with van der Waals surface area (Å²) >= 11 is 0. The van der Waals surface area contributed by atoms with Gasteiger partial charge in [-0.25, -0.2) is 0 Å². The number of methoxy groups -OCH3 is 1. The molecule has 3 aromatic rings. The van der Waals surface area contributed by atoms with E-state index in [2.05, 4.69) is 17.0 Å². The molecule has 5 heteroatoms. The molecule has 1 N–H and O–H groups in total. The lowest BCUT2D eigenvalue weighted by molar-refractivity contribution is 0.101. The maximum absolute atomic E-state index is 12.9. The Kier molecular flexibility index (Phi) is 5.55. The molecule has 152 valence electrons. The highest BCUT2D eigenvalue weighted by molar-refractivity contribution is 6.15. The second-order valence-corrected chi connectivity index (χ2v) is 7.31. The fourth-order valence-corrected chi connectivity index (χ4v) is 3.52. The van der Waals surface area contributed by atoms with Crippen molar-refractivity contribution in [3.8, 4) is 17.2 Å². The first-order valence-corrected chi connectivity index (χ1v) is 9.71. The molecule has 0 amide bonds. The van der Waals surface area contributed by atoms with Crippen LogP contribution in [0.15, 0.2) is 72.5 Å². The Morgan fingerprint density at radius 1 is 1.00 bits per heavy atom. The maximum Gasteiger partial charge on any atom is 0.231 e. The molecule has 1 heterocycles. The number of phenols is 1. The Hall–Kier alpha value is -3.57. The number of phenolic OH excluding ortho intramolecular Hbond substituents is 1. The van der Waals surface area contributed by atoms with Gasteiger partial charge in [-0.3, -0.25) is 9.69 Å². The summed E-state index contributed by atoms with van der Waals surface area (Å²) in [7, 11) is 3.58. The van der Waals surface area contributed by atoms with E-state index in [0.717, 1.165) is 11.3 Å². The Bertz CT molecular complexity index is 1090. The zero-order valence-electron chi connectivity index (χ0n) is 17.0. The van der Waals surface area contributed by atoms with Gasteiger partial charge in [0, 0.05) is 13.1 Å². The Morgan fingerprint density at radius 2 is 1.73 bits per heavy atom. The van der Waals surface area contributed by atoms with Gasteiger partial charge in [-0.1, -0.05) is 42.5 Å². The number of allylic oxidation sites excluding steroid dienone is 1. The summed E-state index contributed by atoms with van der Waals surface area (Å²) in [6.07, 6.45) is 1.70. The van der Waals surface area contributed by atoms with Crippen molar-refractivity contribution in [3.63, 3.8) is 0 Å². The van der Waals surface area contributed by atoms with Crippen LogP contribution >= 0.6 is 0 Å². The average molecular weight is 401 g/mol. The molecule has 0 aliphatic carbocycles. The topological polar surface area (TPSA) is 59.0 Å². The molecule has 0 aromatic heterocycles. The summed E-state index contributed by atoms with van der Waals surface area (Å²) in [4.78, 5) is 14.9. The van der Waals surface area contributed by atoms with Gasteiger partial charge in [0.05, 0.1) is 18.2 Å². The Labute approximate surface area is 175 Å². The van der Waals surface area contributed by atoms with E-state index in [1.165, 1.54) is 5.56 Å². The predicted molar refractivity (Wildman–Crippen MR) is 116 cm³/mol. The molecular weight excluding hydrogens is 378 g/mol. The number of aromatic hydroxyl groups is 1. The highest BCUT2D eigenvalue weighted by Crippen LogP contribution is 2.40. The molecular formula is C25H23NO4. The van der Waals surface area contributed by atoms with Gasteiger partial charge < -0.3 is 14.6 Å². The number of ether oxygens (including phenoxy) is 2. The van der Waals surface area contributed by atoms with E-state index in [0.29, 0.717) is 30.0 Å². The van der Waals surface area contributed by atoms with E-state index in [1.54, 1.807) is 25.3 Å². The molecule has 0 bridgehead atoms. The molecule has 0 fully saturated rings. The third-order valence-electron chi connectivity index (χ3n) is 5.05. The molecule has 0 saturated heterocycles.